The second-order valence-corrected chi connectivity index (χ2v) is 4.54. The van der Waals surface area contributed by atoms with Gasteiger partial charge in [-0.1, -0.05) is 23.2 Å². The Morgan fingerprint density at radius 3 is 2.75 bits per heavy atom. The molecule has 0 radical (unpaired) electrons. The van der Waals surface area contributed by atoms with Crippen LogP contribution < -0.4 is 15.8 Å². The molecule has 1 heterocycles. The smallest absolute Gasteiger partial charge is 0.259 e. The second-order valence-electron chi connectivity index (χ2n) is 3.75. The third-order valence-electron chi connectivity index (χ3n) is 2.34. The van der Waals surface area contributed by atoms with Gasteiger partial charge in [0.05, 0.1) is 17.7 Å². The van der Waals surface area contributed by atoms with E-state index in [1.807, 2.05) is 0 Å². The molecule has 0 bridgehead atoms. The fourth-order valence-corrected chi connectivity index (χ4v) is 1.82. The molecule has 1 aromatic heterocycles. The van der Waals surface area contributed by atoms with Gasteiger partial charge >= 0.3 is 0 Å². The summed E-state index contributed by atoms with van der Waals surface area (Å²) in [6, 6.07) is 6.01. The molecule has 0 fully saturated rings. The number of anilines is 2. The van der Waals surface area contributed by atoms with Crippen LogP contribution in [0.15, 0.2) is 24.3 Å². The number of benzene rings is 1. The number of aromatic nitrogens is 2. The maximum atomic E-state index is 12.1. The molecule has 6 nitrogen and oxygen atoms in total. The van der Waals surface area contributed by atoms with E-state index in [2.05, 4.69) is 15.3 Å². The van der Waals surface area contributed by atoms with Crippen molar-refractivity contribution in [2.24, 2.45) is 0 Å². The maximum Gasteiger partial charge on any atom is 0.259 e. The van der Waals surface area contributed by atoms with Crippen molar-refractivity contribution in [3.8, 4) is 5.88 Å². The van der Waals surface area contributed by atoms with E-state index >= 15 is 0 Å². The van der Waals surface area contributed by atoms with E-state index in [4.69, 9.17) is 33.7 Å². The Morgan fingerprint density at radius 2 is 2.05 bits per heavy atom. The number of rotatable bonds is 3. The highest BCUT2D eigenvalue weighted by molar-refractivity contribution is 6.34. The predicted octanol–water partition coefficient (Wildman–Crippen LogP) is 2.63. The fourth-order valence-electron chi connectivity index (χ4n) is 1.44. The summed E-state index contributed by atoms with van der Waals surface area (Å²) < 4.78 is 4.93. The molecule has 0 spiro atoms. The van der Waals surface area contributed by atoms with Crippen LogP contribution in [0.2, 0.25) is 10.2 Å². The van der Waals surface area contributed by atoms with E-state index in [-0.39, 0.29) is 27.6 Å². The number of halogens is 2. The number of ether oxygens (including phenoxy) is 1. The minimum absolute atomic E-state index is 0.0119. The Balaban J connectivity index is 2.27. The lowest BCUT2D eigenvalue weighted by Gasteiger charge is -2.07. The molecule has 0 saturated heterocycles. The maximum absolute atomic E-state index is 12.1. The van der Waals surface area contributed by atoms with E-state index in [0.717, 1.165) is 0 Å². The van der Waals surface area contributed by atoms with Crippen LogP contribution in [0.5, 0.6) is 5.88 Å². The Hall–Kier alpha value is -2.05. The largest absolute Gasteiger partial charge is 0.481 e. The van der Waals surface area contributed by atoms with Crippen molar-refractivity contribution < 1.29 is 9.53 Å². The summed E-state index contributed by atoms with van der Waals surface area (Å²) in [4.78, 5) is 19.9. The first-order valence-electron chi connectivity index (χ1n) is 5.44. The van der Waals surface area contributed by atoms with Gasteiger partial charge in [-0.2, -0.15) is 4.98 Å². The molecule has 1 amide bonds. The molecule has 2 rings (SSSR count). The van der Waals surface area contributed by atoms with E-state index in [1.54, 1.807) is 6.07 Å². The third kappa shape index (κ3) is 3.28. The van der Waals surface area contributed by atoms with Gasteiger partial charge in [-0.25, -0.2) is 4.98 Å². The van der Waals surface area contributed by atoms with Crippen LogP contribution in [0, 0.1) is 0 Å². The zero-order chi connectivity index (χ0) is 14.7. The minimum Gasteiger partial charge on any atom is -0.481 e. The number of amides is 1. The van der Waals surface area contributed by atoms with Crippen LogP contribution >= 0.6 is 23.2 Å². The van der Waals surface area contributed by atoms with Crippen LogP contribution in [0.3, 0.4) is 0 Å². The fraction of sp³-hybridized carbons (Fsp3) is 0.0833. The number of nitrogens with zero attached hydrogens (tertiary/aromatic N) is 2. The van der Waals surface area contributed by atoms with E-state index in [1.165, 1.54) is 25.3 Å². The first-order chi connectivity index (χ1) is 9.49. The Morgan fingerprint density at radius 1 is 1.30 bits per heavy atom. The Kier molecular flexibility index (Phi) is 4.26. The molecule has 8 heteroatoms. The molecule has 3 N–H and O–H groups in total. The van der Waals surface area contributed by atoms with Crippen molar-refractivity contribution >= 4 is 40.7 Å². The average molecular weight is 313 g/mol. The van der Waals surface area contributed by atoms with Crippen molar-refractivity contribution in [3.05, 3.63) is 40.0 Å². The topological polar surface area (TPSA) is 90.1 Å². The molecule has 0 aliphatic rings. The van der Waals surface area contributed by atoms with Crippen LogP contribution in [0.1, 0.15) is 10.4 Å². The average Bonchev–Trinajstić information content (AvgIpc) is 2.40. The highest BCUT2D eigenvalue weighted by Crippen LogP contribution is 2.21. The summed E-state index contributed by atoms with van der Waals surface area (Å²) in [5.41, 5.74) is 6.25. The number of nitrogens with two attached hydrogens (primary N) is 1. The summed E-state index contributed by atoms with van der Waals surface area (Å²) in [5, 5.41) is 2.89. The van der Waals surface area contributed by atoms with E-state index in [9.17, 15) is 4.79 Å². The predicted molar refractivity (Wildman–Crippen MR) is 77.4 cm³/mol. The zero-order valence-electron chi connectivity index (χ0n) is 10.4. The molecule has 104 valence electrons. The Bertz CT molecular complexity index is 664. The zero-order valence-corrected chi connectivity index (χ0v) is 11.9. The summed E-state index contributed by atoms with van der Waals surface area (Å²) in [7, 11) is 1.43. The van der Waals surface area contributed by atoms with Crippen molar-refractivity contribution in [1.82, 2.24) is 9.97 Å². The SMILES string of the molecule is COc1cc(Cl)nc(NC(=O)c2cc(N)ccc2Cl)n1. The second kappa shape index (κ2) is 5.94. The highest BCUT2D eigenvalue weighted by atomic mass is 35.5. The summed E-state index contributed by atoms with van der Waals surface area (Å²) in [5.74, 6) is -0.247. The standard InChI is InChI=1S/C12H10Cl2N4O2/c1-20-10-5-9(14)16-12(17-10)18-11(19)7-4-6(15)2-3-8(7)13/h2-5H,15H2,1H3,(H,16,17,18,19). The van der Waals surface area contributed by atoms with Gasteiger partial charge in [-0.15, -0.1) is 0 Å². The van der Waals surface area contributed by atoms with Crippen LogP contribution in [0.4, 0.5) is 11.6 Å². The first-order valence-corrected chi connectivity index (χ1v) is 6.20. The lowest BCUT2D eigenvalue weighted by Crippen LogP contribution is -2.15. The minimum atomic E-state index is -0.494. The molecule has 0 unspecified atom stereocenters. The molecular weight excluding hydrogens is 303 g/mol. The van der Waals surface area contributed by atoms with Gasteiger partial charge in [0.2, 0.25) is 11.8 Å². The monoisotopic (exact) mass is 312 g/mol. The summed E-state index contributed by atoms with van der Waals surface area (Å²) in [6.45, 7) is 0. The molecule has 0 atom stereocenters. The van der Waals surface area contributed by atoms with Gasteiger partial charge in [0.25, 0.3) is 5.91 Å². The number of nitrogen functional groups attached to an aromatic ring is 1. The highest BCUT2D eigenvalue weighted by Gasteiger charge is 2.13. The summed E-state index contributed by atoms with van der Waals surface area (Å²) in [6.07, 6.45) is 0. The van der Waals surface area contributed by atoms with Crippen LogP contribution in [0.25, 0.3) is 0 Å². The number of carbonyl (C=O) groups excluding carboxylic acids is 1. The molecule has 0 saturated carbocycles. The number of hydrogen-bond donors (Lipinski definition) is 2. The van der Waals surface area contributed by atoms with E-state index in [0.29, 0.717) is 5.69 Å². The number of nitrogens with one attached hydrogen (secondary N) is 1. The molecule has 2 aromatic rings. The van der Waals surface area contributed by atoms with Gasteiger partial charge in [-0.05, 0) is 18.2 Å². The first kappa shape index (κ1) is 14.4. The van der Waals surface area contributed by atoms with E-state index < -0.39 is 5.91 Å². The quantitative estimate of drug-likeness (QED) is 0.671. The van der Waals surface area contributed by atoms with Crippen molar-refractivity contribution in [3.63, 3.8) is 0 Å². The van der Waals surface area contributed by atoms with Crippen LogP contribution in [-0.4, -0.2) is 23.0 Å². The number of hydrogen-bond acceptors (Lipinski definition) is 5. The van der Waals surface area contributed by atoms with Crippen molar-refractivity contribution in [1.29, 1.82) is 0 Å². The molecule has 20 heavy (non-hydrogen) atoms. The van der Waals surface area contributed by atoms with Gasteiger partial charge < -0.3 is 10.5 Å². The molecule has 1 aromatic carbocycles. The summed E-state index contributed by atoms with van der Waals surface area (Å²) >= 11 is 11.7. The number of methoxy groups -OCH3 is 1. The lowest BCUT2D eigenvalue weighted by molar-refractivity contribution is 0.102. The van der Waals surface area contributed by atoms with Crippen molar-refractivity contribution in [2.75, 3.05) is 18.2 Å². The van der Waals surface area contributed by atoms with Crippen molar-refractivity contribution in [2.45, 2.75) is 0 Å². The molecule has 0 aliphatic heterocycles. The van der Waals surface area contributed by atoms with Gasteiger partial charge in [0.1, 0.15) is 5.15 Å². The van der Waals surface area contributed by atoms with Gasteiger partial charge in [0.15, 0.2) is 0 Å². The molecule has 0 aliphatic carbocycles. The third-order valence-corrected chi connectivity index (χ3v) is 2.86. The van der Waals surface area contributed by atoms with Crippen LogP contribution in [-0.2, 0) is 0 Å². The van der Waals surface area contributed by atoms with Gasteiger partial charge in [-0.3, -0.25) is 10.1 Å². The normalized spacial score (nSPS) is 10.2. The van der Waals surface area contributed by atoms with Gasteiger partial charge in [0, 0.05) is 11.8 Å². The number of carbonyl (C=O) groups is 1. The lowest BCUT2D eigenvalue weighted by atomic mass is 10.2. The Labute approximate surface area is 124 Å². The molecular formula is C12H10Cl2N4O2.